The number of aryl methyl sites for hydroxylation is 3. The maximum absolute atomic E-state index is 12.7. The molecule has 1 aliphatic heterocycles. The Bertz CT molecular complexity index is 835. The van der Waals surface area contributed by atoms with Crippen molar-refractivity contribution in [2.24, 2.45) is 0 Å². The van der Waals surface area contributed by atoms with Crippen LogP contribution in [0.2, 0.25) is 0 Å². The Morgan fingerprint density at radius 3 is 2.48 bits per heavy atom. The van der Waals surface area contributed by atoms with Gasteiger partial charge in [0, 0.05) is 18.3 Å². The standard InChI is InChI=1S/C20H22N2O3/c1-12-9-13(2)19(14(3)10-12)21-20(24)15-5-6-17-16(11-15)22(4)18(23)7-8-25-17/h5-6,9-11H,7-8H2,1-4H3,(H,21,24). The minimum atomic E-state index is -0.206. The molecule has 0 bridgehead atoms. The average molecular weight is 338 g/mol. The summed E-state index contributed by atoms with van der Waals surface area (Å²) in [4.78, 5) is 26.3. The van der Waals surface area contributed by atoms with Gasteiger partial charge in [0.25, 0.3) is 5.91 Å². The van der Waals surface area contributed by atoms with Gasteiger partial charge in [-0.1, -0.05) is 17.7 Å². The van der Waals surface area contributed by atoms with Crippen molar-refractivity contribution in [3.05, 3.63) is 52.6 Å². The van der Waals surface area contributed by atoms with Gasteiger partial charge in [-0.05, 0) is 50.1 Å². The van der Waals surface area contributed by atoms with Crippen LogP contribution in [0.3, 0.4) is 0 Å². The van der Waals surface area contributed by atoms with E-state index < -0.39 is 0 Å². The molecule has 5 nitrogen and oxygen atoms in total. The molecule has 0 radical (unpaired) electrons. The van der Waals surface area contributed by atoms with E-state index in [9.17, 15) is 9.59 Å². The highest BCUT2D eigenvalue weighted by Crippen LogP contribution is 2.32. The molecule has 0 saturated heterocycles. The van der Waals surface area contributed by atoms with Crippen LogP contribution in [-0.4, -0.2) is 25.5 Å². The van der Waals surface area contributed by atoms with Gasteiger partial charge in [0.05, 0.1) is 18.7 Å². The highest BCUT2D eigenvalue weighted by atomic mass is 16.5. The van der Waals surface area contributed by atoms with Gasteiger partial charge in [0.2, 0.25) is 5.91 Å². The Morgan fingerprint density at radius 2 is 1.80 bits per heavy atom. The van der Waals surface area contributed by atoms with Gasteiger partial charge in [-0.2, -0.15) is 0 Å². The fraction of sp³-hybridized carbons (Fsp3) is 0.300. The first-order valence-corrected chi connectivity index (χ1v) is 8.29. The van der Waals surface area contributed by atoms with Crippen LogP contribution >= 0.6 is 0 Å². The Hall–Kier alpha value is -2.82. The van der Waals surface area contributed by atoms with Crippen molar-refractivity contribution in [2.45, 2.75) is 27.2 Å². The van der Waals surface area contributed by atoms with Crippen molar-refractivity contribution in [1.29, 1.82) is 0 Å². The molecule has 25 heavy (non-hydrogen) atoms. The van der Waals surface area contributed by atoms with Gasteiger partial charge >= 0.3 is 0 Å². The molecular formula is C20H22N2O3. The number of anilines is 2. The third-order valence-electron chi connectivity index (χ3n) is 4.45. The monoisotopic (exact) mass is 338 g/mol. The average Bonchev–Trinajstić information content (AvgIpc) is 2.70. The molecule has 0 spiro atoms. The fourth-order valence-corrected chi connectivity index (χ4v) is 3.16. The minimum Gasteiger partial charge on any atom is -0.491 e. The van der Waals surface area contributed by atoms with E-state index in [4.69, 9.17) is 4.74 Å². The first-order valence-electron chi connectivity index (χ1n) is 8.29. The lowest BCUT2D eigenvalue weighted by molar-refractivity contribution is -0.118. The Morgan fingerprint density at radius 1 is 1.12 bits per heavy atom. The topological polar surface area (TPSA) is 58.6 Å². The summed E-state index contributed by atoms with van der Waals surface area (Å²) in [6.45, 7) is 6.34. The van der Waals surface area contributed by atoms with Crippen LogP contribution in [0.25, 0.3) is 0 Å². The van der Waals surface area contributed by atoms with Crippen LogP contribution in [0, 0.1) is 20.8 Å². The van der Waals surface area contributed by atoms with Crippen LogP contribution in [0.1, 0.15) is 33.5 Å². The van der Waals surface area contributed by atoms with Gasteiger partial charge in [0.1, 0.15) is 5.75 Å². The molecular weight excluding hydrogens is 316 g/mol. The molecule has 1 N–H and O–H groups in total. The van der Waals surface area contributed by atoms with Gasteiger partial charge in [-0.3, -0.25) is 9.59 Å². The SMILES string of the molecule is Cc1cc(C)c(NC(=O)c2ccc3c(c2)N(C)C(=O)CCO3)c(C)c1. The van der Waals surface area contributed by atoms with Crippen molar-refractivity contribution < 1.29 is 14.3 Å². The Balaban J connectivity index is 1.91. The van der Waals surface area contributed by atoms with E-state index in [2.05, 4.69) is 5.32 Å². The lowest BCUT2D eigenvalue weighted by atomic mass is 10.0. The van der Waals surface area contributed by atoms with Gasteiger partial charge < -0.3 is 15.0 Å². The van der Waals surface area contributed by atoms with Crippen molar-refractivity contribution in [3.8, 4) is 5.75 Å². The fourth-order valence-electron chi connectivity index (χ4n) is 3.16. The van der Waals surface area contributed by atoms with E-state index in [1.54, 1.807) is 30.1 Å². The summed E-state index contributed by atoms with van der Waals surface area (Å²) < 4.78 is 5.60. The molecule has 1 heterocycles. The zero-order chi connectivity index (χ0) is 18.1. The molecule has 0 aromatic heterocycles. The second kappa shape index (κ2) is 6.59. The van der Waals surface area contributed by atoms with Gasteiger partial charge in [-0.25, -0.2) is 0 Å². The molecule has 130 valence electrons. The molecule has 2 aromatic carbocycles. The first-order chi connectivity index (χ1) is 11.9. The second-order valence-electron chi connectivity index (χ2n) is 6.46. The Labute approximate surface area is 147 Å². The number of nitrogens with zero attached hydrogens (tertiary/aromatic N) is 1. The van der Waals surface area contributed by atoms with E-state index in [1.165, 1.54) is 0 Å². The van der Waals surface area contributed by atoms with E-state index in [1.807, 2.05) is 32.9 Å². The minimum absolute atomic E-state index is 0.0264. The van der Waals surface area contributed by atoms with E-state index in [0.29, 0.717) is 30.0 Å². The Kier molecular flexibility index (Phi) is 4.49. The molecule has 0 saturated carbocycles. The van der Waals surface area contributed by atoms with Crippen molar-refractivity contribution in [3.63, 3.8) is 0 Å². The van der Waals surface area contributed by atoms with Crippen LogP contribution in [0.5, 0.6) is 5.75 Å². The number of ether oxygens (including phenoxy) is 1. The smallest absolute Gasteiger partial charge is 0.255 e. The van der Waals surface area contributed by atoms with Crippen molar-refractivity contribution in [2.75, 3.05) is 23.9 Å². The number of amides is 2. The number of fused-ring (bicyclic) bond motifs is 1. The largest absolute Gasteiger partial charge is 0.491 e. The van der Waals surface area contributed by atoms with Gasteiger partial charge in [-0.15, -0.1) is 0 Å². The van der Waals surface area contributed by atoms with Gasteiger partial charge in [0.15, 0.2) is 0 Å². The summed E-state index contributed by atoms with van der Waals surface area (Å²) in [5.74, 6) is 0.386. The van der Waals surface area contributed by atoms with Crippen LogP contribution < -0.4 is 15.0 Å². The second-order valence-corrected chi connectivity index (χ2v) is 6.46. The molecule has 0 atom stereocenters. The third kappa shape index (κ3) is 3.36. The van der Waals surface area contributed by atoms with E-state index >= 15 is 0 Å². The summed E-state index contributed by atoms with van der Waals surface area (Å²) in [5.41, 5.74) is 5.14. The molecule has 0 fully saturated rings. The molecule has 5 heteroatoms. The van der Waals surface area contributed by atoms with Crippen LogP contribution in [0.15, 0.2) is 30.3 Å². The summed E-state index contributed by atoms with van der Waals surface area (Å²) in [5, 5.41) is 2.99. The number of rotatable bonds is 2. The van der Waals surface area contributed by atoms with E-state index in [0.717, 1.165) is 22.4 Å². The molecule has 2 aromatic rings. The quantitative estimate of drug-likeness (QED) is 0.910. The normalized spacial score (nSPS) is 13.8. The highest BCUT2D eigenvalue weighted by molar-refractivity contribution is 6.06. The maximum atomic E-state index is 12.7. The summed E-state index contributed by atoms with van der Waals surface area (Å²) in [7, 11) is 1.70. The first kappa shape index (κ1) is 17.0. The molecule has 2 amide bonds. The number of nitrogens with one attached hydrogen (secondary N) is 1. The third-order valence-corrected chi connectivity index (χ3v) is 4.45. The lowest BCUT2D eigenvalue weighted by Crippen LogP contribution is -2.25. The zero-order valence-electron chi connectivity index (χ0n) is 15.0. The van der Waals surface area contributed by atoms with Crippen molar-refractivity contribution in [1.82, 2.24) is 0 Å². The molecule has 1 aliphatic rings. The van der Waals surface area contributed by atoms with Crippen molar-refractivity contribution >= 4 is 23.2 Å². The maximum Gasteiger partial charge on any atom is 0.255 e. The number of benzene rings is 2. The van der Waals surface area contributed by atoms with Crippen LogP contribution in [-0.2, 0) is 4.79 Å². The molecule has 0 unspecified atom stereocenters. The highest BCUT2D eigenvalue weighted by Gasteiger charge is 2.21. The summed E-state index contributed by atoms with van der Waals surface area (Å²) in [6.07, 6.45) is 0.328. The predicted molar refractivity (Wildman–Crippen MR) is 98.6 cm³/mol. The number of hydrogen-bond donors (Lipinski definition) is 1. The summed E-state index contributed by atoms with van der Waals surface area (Å²) in [6, 6.07) is 9.25. The number of carbonyl (C=O) groups excluding carboxylic acids is 2. The number of hydrogen-bond acceptors (Lipinski definition) is 3. The van der Waals surface area contributed by atoms with Crippen LogP contribution in [0.4, 0.5) is 11.4 Å². The summed E-state index contributed by atoms with van der Waals surface area (Å²) >= 11 is 0. The molecule has 0 aliphatic carbocycles. The molecule has 3 rings (SSSR count). The zero-order valence-corrected chi connectivity index (χ0v) is 15.0. The lowest BCUT2D eigenvalue weighted by Gasteiger charge is -2.18. The number of carbonyl (C=O) groups is 2. The predicted octanol–water partition coefficient (Wildman–Crippen LogP) is 3.61. The van der Waals surface area contributed by atoms with E-state index in [-0.39, 0.29) is 11.8 Å².